The van der Waals surface area contributed by atoms with E-state index in [9.17, 15) is 4.79 Å². The van der Waals surface area contributed by atoms with Gasteiger partial charge in [0.25, 0.3) is 5.91 Å². The Balaban J connectivity index is 2.16. The fourth-order valence-corrected chi connectivity index (χ4v) is 2.05. The summed E-state index contributed by atoms with van der Waals surface area (Å²) in [5.41, 5.74) is 8.25. The summed E-state index contributed by atoms with van der Waals surface area (Å²) in [6.07, 6.45) is 3.47. The first-order valence-electron chi connectivity index (χ1n) is 5.84. The molecule has 1 saturated heterocycles. The van der Waals surface area contributed by atoms with Crippen molar-refractivity contribution >= 4 is 11.6 Å². The summed E-state index contributed by atoms with van der Waals surface area (Å²) < 4.78 is 0. The molecule has 0 aliphatic carbocycles. The molecule has 2 N–H and O–H groups in total. The van der Waals surface area contributed by atoms with Crippen molar-refractivity contribution in [3.05, 3.63) is 29.3 Å². The zero-order valence-corrected chi connectivity index (χ0v) is 9.70. The van der Waals surface area contributed by atoms with Gasteiger partial charge in [-0.15, -0.1) is 0 Å². The van der Waals surface area contributed by atoms with E-state index in [0.29, 0.717) is 11.3 Å². The minimum absolute atomic E-state index is 0.117. The predicted octanol–water partition coefficient (Wildman–Crippen LogP) is 2.20. The van der Waals surface area contributed by atoms with Gasteiger partial charge in [0.15, 0.2) is 0 Å². The Bertz CT molecular complexity index is 395. The number of anilines is 1. The number of benzene rings is 1. The van der Waals surface area contributed by atoms with Gasteiger partial charge in [0.05, 0.1) is 0 Å². The number of carbonyl (C=O) groups excluding carboxylic acids is 1. The van der Waals surface area contributed by atoms with Gasteiger partial charge in [0.2, 0.25) is 0 Å². The maximum atomic E-state index is 12.1. The van der Waals surface area contributed by atoms with Crippen molar-refractivity contribution in [2.45, 2.75) is 26.2 Å². The normalized spacial score (nSPS) is 16.2. The quantitative estimate of drug-likeness (QED) is 0.734. The number of likely N-dealkylation sites (tertiary alicyclic amines) is 1. The summed E-state index contributed by atoms with van der Waals surface area (Å²) in [7, 11) is 0. The molecule has 0 radical (unpaired) electrons. The van der Waals surface area contributed by atoms with Gasteiger partial charge in [-0.3, -0.25) is 4.79 Å². The molecule has 0 saturated carbocycles. The van der Waals surface area contributed by atoms with Crippen LogP contribution in [0.25, 0.3) is 0 Å². The van der Waals surface area contributed by atoms with Crippen molar-refractivity contribution in [2.24, 2.45) is 0 Å². The van der Waals surface area contributed by atoms with Gasteiger partial charge >= 0.3 is 0 Å². The molecule has 0 aromatic heterocycles. The summed E-state index contributed by atoms with van der Waals surface area (Å²) in [6.45, 7) is 3.71. The number of carbonyl (C=O) groups is 1. The molecule has 1 aliphatic heterocycles. The lowest BCUT2D eigenvalue weighted by Gasteiger charge is -2.26. The Morgan fingerprint density at radius 1 is 1.25 bits per heavy atom. The molecule has 1 aromatic rings. The lowest BCUT2D eigenvalue weighted by atomic mass is 10.1. The minimum atomic E-state index is 0.117. The Morgan fingerprint density at radius 3 is 2.56 bits per heavy atom. The van der Waals surface area contributed by atoms with Gasteiger partial charge in [-0.1, -0.05) is 6.07 Å². The maximum Gasteiger partial charge on any atom is 0.253 e. The highest BCUT2D eigenvalue weighted by molar-refractivity contribution is 5.95. The second-order valence-corrected chi connectivity index (χ2v) is 4.42. The van der Waals surface area contributed by atoms with Crippen LogP contribution >= 0.6 is 0 Å². The highest BCUT2D eigenvalue weighted by Gasteiger charge is 2.18. The monoisotopic (exact) mass is 218 g/mol. The Morgan fingerprint density at radius 2 is 1.94 bits per heavy atom. The number of nitrogen functional groups attached to an aromatic ring is 1. The molecule has 1 heterocycles. The van der Waals surface area contributed by atoms with E-state index in [1.54, 1.807) is 6.07 Å². The van der Waals surface area contributed by atoms with Gasteiger partial charge in [-0.25, -0.2) is 0 Å². The standard InChI is InChI=1S/C13H18N2O/c1-10-5-6-11(9-12(10)14)13(16)15-7-3-2-4-8-15/h5-6,9H,2-4,7-8,14H2,1H3. The fraction of sp³-hybridized carbons (Fsp3) is 0.462. The first kappa shape index (κ1) is 11.0. The van der Waals surface area contributed by atoms with Crippen LogP contribution in [0.3, 0.4) is 0 Å². The van der Waals surface area contributed by atoms with Gasteiger partial charge in [-0.05, 0) is 43.9 Å². The second-order valence-electron chi connectivity index (χ2n) is 4.42. The molecular formula is C13H18N2O. The van der Waals surface area contributed by atoms with Crippen molar-refractivity contribution in [2.75, 3.05) is 18.8 Å². The first-order valence-corrected chi connectivity index (χ1v) is 5.84. The number of piperidine rings is 1. The largest absolute Gasteiger partial charge is 0.398 e. The molecule has 16 heavy (non-hydrogen) atoms. The average molecular weight is 218 g/mol. The van der Waals surface area contributed by atoms with E-state index in [0.717, 1.165) is 31.5 Å². The number of nitrogens with two attached hydrogens (primary N) is 1. The molecule has 3 nitrogen and oxygen atoms in total. The fourth-order valence-electron chi connectivity index (χ4n) is 2.05. The van der Waals surface area contributed by atoms with Crippen LogP contribution in [0.4, 0.5) is 5.69 Å². The molecule has 2 rings (SSSR count). The van der Waals surface area contributed by atoms with Crippen molar-refractivity contribution in [3.63, 3.8) is 0 Å². The minimum Gasteiger partial charge on any atom is -0.398 e. The van der Waals surface area contributed by atoms with Crippen LogP contribution < -0.4 is 5.73 Å². The van der Waals surface area contributed by atoms with Crippen molar-refractivity contribution in [1.29, 1.82) is 0 Å². The summed E-state index contributed by atoms with van der Waals surface area (Å²) >= 11 is 0. The van der Waals surface area contributed by atoms with E-state index in [4.69, 9.17) is 5.73 Å². The van der Waals surface area contributed by atoms with Gasteiger partial charge in [-0.2, -0.15) is 0 Å². The van der Waals surface area contributed by atoms with E-state index in [2.05, 4.69) is 0 Å². The molecular weight excluding hydrogens is 200 g/mol. The summed E-state index contributed by atoms with van der Waals surface area (Å²) in [6, 6.07) is 5.56. The average Bonchev–Trinajstić information content (AvgIpc) is 2.33. The number of hydrogen-bond donors (Lipinski definition) is 1. The second kappa shape index (κ2) is 4.56. The topological polar surface area (TPSA) is 46.3 Å². The van der Waals surface area contributed by atoms with Crippen molar-refractivity contribution in [1.82, 2.24) is 4.90 Å². The first-order chi connectivity index (χ1) is 7.68. The Hall–Kier alpha value is -1.51. The van der Waals surface area contributed by atoms with Crippen molar-refractivity contribution < 1.29 is 4.79 Å². The molecule has 1 aliphatic rings. The Kier molecular flexibility index (Phi) is 3.13. The smallest absolute Gasteiger partial charge is 0.253 e. The summed E-state index contributed by atoms with van der Waals surface area (Å²) in [5, 5.41) is 0. The molecule has 3 heteroatoms. The highest BCUT2D eigenvalue weighted by atomic mass is 16.2. The number of rotatable bonds is 1. The van der Waals surface area contributed by atoms with E-state index in [-0.39, 0.29) is 5.91 Å². The van der Waals surface area contributed by atoms with Crippen LogP contribution in [0, 0.1) is 6.92 Å². The lowest BCUT2D eigenvalue weighted by molar-refractivity contribution is 0.0724. The third kappa shape index (κ3) is 2.18. The van der Waals surface area contributed by atoms with Gasteiger partial charge < -0.3 is 10.6 Å². The van der Waals surface area contributed by atoms with E-state index in [1.165, 1.54) is 6.42 Å². The molecule has 1 fully saturated rings. The molecule has 0 spiro atoms. The number of hydrogen-bond acceptors (Lipinski definition) is 2. The number of amides is 1. The molecule has 86 valence electrons. The third-order valence-corrected chi connectivity index (χ3v) is 3.17. The summed E-state index contributed by atoms with van der Waals surface area (Å²) in [4.78, 5) is 14.1. The Labute approximate surface area is 96.2 Å². The SMILES string of the molecule is Cc1ccc(C(=O)N2CCCCC2)cc1N. The van der Waals surface area contributed by atoms with Crippen LogP contribution in [0.2, 0.25) is 0 Å². The van der Waals surface area contributed by atoms with E-state index >= 15 is 0 Å². The highest BCUT2D eigenvalue weighted by Crippen LogP contribution is 2.17. The molecule has 0 bridgehead atoms. The molecule has 1 aromatic carbocycles. The lowest BCUT2D eigenvalue weighted by Crippen LogP contribution is -2.35. The summed E-state index contributed by atoms with van der Waals surface area (Å²) in [5.74, 6) is 0.117. The van der Waals surface area contributed by atoms with Crippen LogP contribution in [0.5, 0.6) is 0 Å². The van der Waals surface area contributed by atoms with Crippen LogP contribution in [0.1, 0.15) is 35.2 Å². The zero-order valence-electron chi connectivity index (χ0n) is 9.70. The molecule has 0 atom stereocenters. The van der Waals surface area contributed by atoms with Gasteiger partial charge in [0, 0.05) is 24.3 Å². The van der Waals surface area contributed by atoms with Gasteiger partial charge in [0.1, 0.15) is 0 Å². The molecule has 1 amide bonds. The number of aryl methyl sites for hydroxylation is 1. The molecule has 0 unspecified atom stereocenters. The zero-order chi connectivity index (χ0) is 11.5. The van der Waals surface area contributed by atoms with Crippen molar-refractivity contribution in [3.8, 4) is 0 Å². The van der Waals surface area contributed by atoms with Crippen LogP contribution in [0.15, 0.2) is 18.2 Å². The van der Waals surface area contributed by atoms with E-state index < -0.39 is 0 Å². The van der Waals surface area contributed by atoms with E-state index in [1.807, 2.05) is 24.0 Å². The third-order valence-electron chi connectivity index (χ3n) is 3.17. The maximum absolute atomic E-state index is 12.1. The van der Waals surface area contributed by atoms with Crippen LogP contribution in [-0.2, 0) is 0 Å². The number of nitrogens with zero attached hydrogens (tertiary/aromatic N) is 1. The predicted molar refractivity (Wildman–Crippen MR) is 65.3 cm³/mol. The van der Waals surface area contributed by atoms with Crippen LogP contribution in [-0.4, -0.2) is 23.9 Å².